The van der Waals surface area contributed by atoms with Gasteiger partial charge in [-0.1, -0.05) is 55.2 Å². The van der Waals surface area contributed by atoms with Gasteiger partial charge in [0.15, 0.2) is 0 Å². The van der Waals surface area contributed by atoms with E-state index >= 15 is 4.39 Å². The number of carbonyl (C=O) groups excluding carboxylic acids is 1. The minimum absolute atomic E-state index is 0.0826. The molecule has 1 aliphatic carbocycles. The van der Waals surface area contributed by atoms with Gasteiger partial charge in [-0.3, -0.25) is 14.5 Å². The summed E-state index contributed by atoms with van der Waals surface area (Å²) in [4.78, 5) is 29.0. The number of amides is 1. The van der Waals surface area contributed by atoms with Gasteiger partial charge in [0.05, 0.1) is 5.02 Å². The predicted molar refractivity (Wildman–Crippen MR) is 128 cm³/mol. The first-order valence-corrected chi connectivity index (χ1v) is 12.4. The normalized spacial score (nSPS) is 35.3. The molecule has 2 unspecified atom stereocenters. The fourth-order valence-electron chi connectivity index (χ4n) is 7.83. The zero-order valence-electron chi connectivity index (χ0n) is 18.9. The van der Waals surface area contributed by atoms with Gasteiger partial charge in [0, 0.05) is 28.7 Å². The van der Waals surface area contributed by atoms with Gasteiger partial charge >= 0.3 is 5.97 Å². The SMILES string of the molecule is CC1(C)CCC23C(CN2[C@@H](C(=O)O)[C@H](c2cccc(Cl)c2F)[C@]32C(=O)Nc3cc(Cl)ccc32)C1. The molecule has 8 heteroatoms. The van der Waals surface area contributed by atoms with Crippen molar-refractivity contribution in [2.75, 3.05) is 11.9 Å². The lowest BCUT2D eigenvalue weighted by Crippen LogP contribution is -2.76. The second-order valence-electron chi connectivity index (χ2n) is 11.0. The van der Waals surface area contributed by atoms with Crippen molar-refractivity contribution in [1.82, 2.24) is 4.90 Å². The summed E-state index contributed by atoms with van der Waals surface area (Å²) >= 11 is 12.4. The van der Waals surface area contributed by atoms with Gasteiger partial charge in [-0.25, -0.2) is 4.39 Å². The number of carbonyl (C=O) groups is 2. The molecule has 178 valence electrons. The molecule has 34 heavy (non-hydrogen) atoms. The molecule has 0 radical (unpaired) electrons. The number of anilines is 1. The quantitative estimate of drug-likeness (QED) is 0.572. The Bertz CT molecular complexity index is 1270. The molecule has 5 nitrogen and oxygen atoms in total. The largest absolute Gasteiger partial charge is 0.480 e. The lowest BCUT2D eigenvalue weighted by molar-refractivity contribution is -0.171. The van der Waals surface area contributed by atoms with Crippen LogP contribution >= 0.6 is 23.2 Å². The summed E-state index contributed by atoms with van der Waals surface area (Å²) in [6.07, 6.45) is 2.37. The topological polar surface area (TPSA) is 69.6 Å². The molecule has 2 aromatic rings. The van der Waals surface area contributed by atoms with Crippen LogP contribution in [0.25, 0.3) is 0 Å². The van der Waals surface area contributed by atoms with Gasteiger partial charge in [-0.2, -0.15) is 0 Å². The molecule has 5 atom stereocenters. The fourth-order valence-corrected chi connectivity index (χ4v) is 8.19. The highest BCUT2D eigenvalue weighted by molar-refractivity contribution is 6.31. The Kier molecular flexibility index (Phi) is 4.57. The summed E-state index contributed by atoms with van der Waals surface area (Å²) in [5.41, 5.74) is -0.482. The van der Waals surface area contributed by atoms with E-state index in [1.54, 1.807) is 24.3 Å². The van der Waals surface area contributed by atoms with Crippen LogP contribution in [0.3, 0.4) is 0 Å². The molecule has 4 aliphatic rings. The predicted octanol–water partition coefficient (Wildman–Crippen LogP) is 5.45. The molecule has 1 saturated carbocycles. The number of fused-ring (bicyclic) bond motifs is 2. The molecule has 0 aromatic heterocycles. The summed E-state index contributed by atoms with van der Waals surface area (Å²) in [7, 11) is 0. The molecular formula is C26H25Cl2FN2O3. The molecule has 2 spiro atoms. The van der Waals surface area contributed by atoms with Gasteiger partial charge in [-0.05, 0) is 59.9 Å². The Balaban J connectivity index is 1.70. The molecule has 6 rings (SSSR count). The van der Waals surface area contributed by atoms with Gasteiger partial charge in [0.25, 0.3) is 0 Å². The lowest BCUT2D eigenvalue weighted by Gasteiger charge is -2.65. The molecule has 3 heterocycles. The first kappa shape index (κ1) is 22.3. The highest BCUT2D eigenvalue weighted by Crippen LogP contribution is 2.72. The first-order valence-electron chi connectivity index (χ1n) is 11.6. The Hall–Kier alpha value is -2.15. The zero-order chi connectivity index (χ0) is 24.2. The first-order chi connectivity index (χ1) is 16.0. The van der Waals surface area contributed by atoms with Gasteiger partial charge < -0.3 is 10.4 Å². The zero-order valence-corrected chi connectivity index (χ0v) is 20.4. The number of nitrogens with zero attached hydrogens (tertiary/aromatic N) is 1. The lowest BCUT2D eigenvalue weighted by atomic mass is 9.47. The maximum absolute atomic E-state index is 15.6. The summed E-state index contributed by atoms with van der Waals surface area (Å²) in [6.45, 7) is 5.00. The number of carboxylic acids is 1. The van der Waals surface area contributed by atoms with Crippen molar-refractivity contribution in [1.29, 1.82) is 0 Å². The van der Waals surface area contributed by atoms with Gasteiger partial charge in [-0.15, -0.1) is 0 Å². The maximum Gasteiger partial charge on any atom is 0.321 e. The summed E-state index contributed by atoms with van der Waals surface area (Å²) in [5.74, 6) is -2.84. The Morgan fingerprint density at radius 2 is 1.97 bits per heavy atom. The Morgan fingerprint density at radius 3 is 2.68 bits per heavy atom. The van der Waals surface area contributed by atoms with Crippen LogP contribution < -0.4 is 5.32 Å². The van der Waals surface area contributed by atoms with Crippen LogP contribution in [0.4, 0.5) is 10.1 Å². The minimum Gasteiger partial charge on any atom is -0.480 e. The number of benzene rings is 2. The van der Waals surface area contributed by atoms with E-state index in [-0.39, 0.29) is 27.8 Å². The van der Waals surface area contributed by atoms with Crippen molar-refractivity contribution in [3.63, 3.8) is 0 Å². The van der Waals surface area contributed by atoms with E-state index in [4.69, 9.17) is 23.2 Å². The summed E-state index contributed by atoms with van der Waals surface area (Å²) < 4.78 is 15.6. The van der Waals surface area contributed by atoms with Crippen molar-refractivity contribution < 1.29 is 19.1 Å². The van der Waals surface area contributed by atoms with E-state index in [9.17, 15) is 14.7 Å². The molecule has 2 N–H and O–H groups in total. The third-order valence-corrected chi connectivity index (χ3v) is 9.50. The molecule has 2 aromatic carbocycles. The number of carboxylic acid groups (broad SMARTS) is 1. The standard InChI is InChI=1S/C26H25Cl2FN2O3/c1-24(2)8-9-25-13(11-24)12-31(25)21(22(32)33)19(15-4-3-5-17(28)20(15)29)26(25)16-7-6-14(27)10-18(16)30-23(26)34/h3-7,10,13,19,21H,8-9,11-12H2,1-2H3,(H,30,34)(H,32,33)/t13?,19-,21+,25?,26+/m0/s1. The average Bonchev–Trinajstić information content (AvgIpc) is 3.13. The highest BCUT2D eigenvalue weighted by atomic mass is 35.5. The molecule has 0 bridgehead atoms. The van der Waals surface area contributed by atoms with Crippen molar-refractivity contribution in [3.8, 4) is 0 Å². The average molecular weight is 503 g/mol. The van der Waals surface area contributed by atoms with E-state index in [1.807, 2.05) is 11.0 Å². The van der Waals surface area contributed by atoms with Crippen LogP contribution in [-0.2, 0) is 15.0 Å². The number of rotatable bonds is 2. The van der Waals surface area contributed by atoms with E-state index < -0.39 is 34.7 Å². The molecular weight excluding hydrogens is 478 g/mol. The van der Waals surface area contributed by atoms with Crippen molar-refractivity contribution in [2.24, 2.45) is 11.3 Å². The second-order valence-corrected chi connectivity index (χ2v) is 11.8. The van der Waals surface area contributed by atoms with Crippen LogP contribution in [0.1, 0.15) is 50.2 Å². The smallest absolute Gasteiger partial charge is 0.321 e. The number of nitrogens with one attached hydrogen (secondary N) is 1. The third kappa shape index (κ3) is 2.49. The number of aliphatic carboxylic acids is 1. The number of hydrogen-bond donors (Lipinski definition) is 2. The monoisotopic (exact) mass is 502 g/mol. The van der Waals surface area contributed by atoms with Crippen molar-refractivity contribution in [2.45, 2.75) is 56.0 Å². The fraction of sp³-hybridized carbons (Fsp3) is 0.462. The second kappa shape index (κ2) is 6.96. The number of hydrogen-bond acceptors (Lipinski definition) is 3. The highest BCUT2D eigenvalue weighted by Gasteiger charge is 2.82. The third-order valence-electron chi connectivity index (χ3n) is 8.97. The van der Waals surface area contributed by atoms with Crippen LogP contribution in [0, 0.1) is 17.2 Å². The Morgan fingerprint density at radius 1 is 1.21 bits per heavy atom. The van der Waals surface area contributed by atoms with Crippen molar-refractivity contribution in [3.05, 3.63) is 63.4 Å². The van der Waals surface area contributed by atoms with Crippen LogP contribution in [0.2, 0.25) is 10.0 Å². The van der Waals surface area contributed by atoms with Crippen molar-refractivity contribution >= 4 is 40.8 Å². The van der Waals surface area contributed by atoms with Crippen LogP contribution in [0.15, 0.2) is 36.4 Å². The van der Waals surface area contributed by atoms with E-state index in [0.29, 0.717) is 29.2 Å². The number of halogens is 3. The van der Waals surface area contributed by atoms with E-state index in [1.165, 1.54) is 6.07 Å². The van der Waals surface area contributed by atoms with Gasteiger partial charge in [0.1, 0.15) is 17.3 Å². The molecule has 3 aliphatic heterocycles. The summed E-state index contributed by atoms with van der Waals surface area (Å²) in [6, 6.07) is 8.83. The van der Waals surface area contributed by atoms with Gasteiger partial charge in [0.2, 0.25) is 5.91 Å². The molecule has 3 fully saturated rings. The Labute approximate surface area is 207 Å². The summed E-state index contributed by atoms with van der Waals surface area (Å²) in [5, 5.41) is 13.9. The molecule has 1 amide bonds. The van der Waals surface area contributed by atoms with E-state index in [2.05, 4.69) is 19.2 Å². The minimum atomic E-state index is -1.28. The maximum atomic E-state index is 15.6. The van der Waals surface area contributed by atoms with Crippen LogP contribution in [-0.4, -0.2) is 40.0 Å². The van der Waals surface area contributed by atoms with E-state index in [0.717, 1.165) is 12.8 Å². The molecule has 2 saturated heterocycles. The van der Waals surface area contributed by atoms with Crippen LogP contribution in [0.5, 0.6) is 0 Å².